The minimum atomic E-state index is -1.20. The highest BCUT2D eigenvalue weighted by Crippen LogP contribution is 2.17. The van der Waals surface area contributed by atoms with Crippen LogP contribution in [0.5, 0.6) is 0 Å². The van der Waals surface area contributed by atoms with Crippen molar-refractivity contribution in [2.24, 2.45) is 10.2 Å². The summed E-state index contributed by atoms with van der Waals surface area (Å²) >= 11 is 0. The maximum absolute atomic E-state index is 12.8. The van der Waals surface area contributed by atoms with Crippen molar-refractivity contribution in [3.63, 3.8) is 0 Å². The molecule has 25 heavy (non-hydrogen) atoms. The van der Waals surface area contributed by atoms with E-state index in [1.54, 1.807) is 60.7 Å². The minimum Gasteiger partial charge on any atom is -0.291 e. The van der Waals surface area contributed by atoms with E-state index in [1.807, 2.05) is 30.3 Å². The van der Waals surface area contributed by atoms with E-state index in [0.29, 0.717) is 16.8 Å². The van der Waals surface area contributed by atoms with Crippen LogP contribution in [0.3, 0.4) is 0 Å². The Morgan fingerprint density at radius 1 is 0.600 bits per heavy atom. The second-order valence-corrected chi connectivity index (χ2v) is 5.41. The SMILES string of the molecule is O=C(c1ccccc1)C(/N=N/c1ccccc1)C(=O)c1ccccc1. The number of ketones is 2. The van der Waals surface area contributed by atoms with Crippen LogP contribution in [0.4, 0.5) is 5.69 Å². The first-order valence-corrected chi connectivity index (χ1v) is 7.90. The van der Waals surface area contributed by atoms with Crippen LogP contribution in [0.25, 0.3) is 0 Å². The monoisotopic (exact) mass is 328 g/mol. The normalized spacial score (nSPS) is 10.9. The highest BCUT2D eigenvalue weighted by atomic mass is 16.2. The van der Waals surface area contributed by atoms with Gasteiger partial charge in [-0.1, -0.05) is 78.9 Å². The Morgan fingerprint density at radius 3 is 1.44 bits per heavy atom. The summed E-state index contributed by atoms with van der Waals surface area (Å²) < 4.78 is 0. The van der Waals surface area contributed by atoms with Crippen LogP contribution in [-0.4, -0.2) is 17.6 Å². The average Bonchev–Trinajstić information content (AvgIpc) is 2.70. The summed E-state index contributed by atoms with van der Waals surface area (Å²) in [5.41, 5.74) is 1.46. The Balaban J connectivity index is 1.95. The first-order valence-electron chi connectivity index (χ1n) is 7.90. The number of hydrogen-bond acceptors (Lipinski definition) is 4. The van der Waals surface area contributed by atoms with Crippen LogP contribution in [-0.2, 0) is 0 Å². The summed E-state index contributed by atoms with van der Waals surface area (Å²) in [6.07, 6.45) is 0. The van der Waals surface area contributed by atoms with Crippen LogP contribution >= 0.6 is 0 Å². The predicted octanol–water partition coefficient (Wildman–Crippen LogP) is 4.90. The van der Waals surface area contributed by atoms with Crippen molar-refractivity contribution in [2.75, 3.05) is 0 Å². The zero-order valence-electron chi connectivity index (χ0n) is 13.4. The molecular formula is C21H16N2O2. The molecule has 3 rings (SSSR count). The maximum Gasteiger partial charge on any atom is 0.197 e. The molecule has 0 bridgehead atoms. The molecule has 0 aliphatic rings. The molecule has 0 heterocycles. The number of nitrogens with zero attached hydrogens (tertiary/aromatic N) is 2. The third-order valence-corrected chi connectivity index (χ3v) is 3.66. The van der Waals surface area contributed by atoms with Crippen molar-refractivity contribution < 1.29 is 9.59 Å². The predicted molar refractivity (Wildman–Crippen MR) is 96.3 cm³/mol. The molecule has 0 unspecified atom stereocenters. The van der Waals surface area contributed by atoms with Gasteiger partial charge in [0.1, 0.15) is 0 Å². The van der Waals surface area contributed by atoms with Gasteiger partial charge in [-0.3, -0.25) is 9.59 Å². The standard InChI is InChI=1S/C21H16N2O2/c24-20(16-10-4-1-5-11-16)19(21(25)17-12-6-2-7-13-17)23-22-18-14-8-3-9-15-18/h1-15,19H/b23-22+. The van der Waals surface area contributed by atoms with Gasteiger partial charge in [-0.15, -0.1) is 0 Å². The molecule has 0 aliphatic heterocycles. The highest BCUT2D eigenvalue weighted by molar-refractivity contribution is 6.19. The molecule has 0 N–H and O–H groups in total. The maximum atomic E-state index is 12.8. The van der Waals surface area contributed by atoms with Gasteiger partial charge in [0.25, 0.3) is 0 Å². The van der Waals surface area contributed by atoms with Crippen molar-refractivity contribution in [2.45, 2.75) is 6.04 Å². The lowest BCUT2D eigenvalue weighted by atomic mass is 9.97. The van der Waals surface area contributed by atoms with Crippen LogP contribution in [0.2, 0.25) is 0 Å². The summed E-state index contributed by atoms with van der Waals surface area (Å²) in [7, 11) is 0. The summed E-state index contributed by atoms with van der Waals surface area (Å²) in [6.45, 7) is 0. The van der Waals surface area contributed by atoms with Crippen LogP contribution < -0.4 is 0 Å². The Morgan fingerprint density at radius 2 is 1.00 bits per heavy atom. The van der Waals surface area contributed by atoms with Crippen molar-refractivity contribution in [1.29, 1.82) is 0 Å². The molecule has 122 valence electrons. The zero-order chi connectivity index (χ0) is 17.5. The van der Waals surface area contributed by atoms with E-state index in [2.05, 4.69) is 10.2 Å². The number of rotatable bonds is 6. The molecule has 0 aliphatic carbocycles. The van der Waals surface area contributed by atoms with E-state index >= 15 is 0 Å². The van der Waals surface area contributed by atoms with Gasteiger partial charge in [0.05, 0.1) is 5.69 Å². The lowest BCUT2D eigenvalue weighted by molar-refractivity contribution is 0.0861. The van der Waals surface area contributed by atoms with Crippen molar-refractivity contribution in [3.05, 3.63) is 102 Å². The largest absolute Gasteiger partial charge is 0.291 e. The van der Waals surface area contributed by atoms with Gasteiger partial charge in [0.2, 0.25) is 0 Å². The molecule has 3 aromatic rings. The van der Waals surface area contributed by atoms with E-state index < -0.39 is 6.04 Å². The van der Waals surface area contributed by atoms with E-state index in [0.717, 1.165) is 0 Å². The van der Waals surface area contributed by atoms with Gasteiger partial charge in [-0.05, 0) is 12.1 Å². The Hall–Kier alpha value is -3.40. The first-order chi connectivity index (χ1) is 12.3. The van der Waals surface area contributed by atoms with Gasteiger partial charge in [0.15, 0.2) is 17.6 Å². The van der Waals surface area contributed by atoms with Crippen LogP contribution in [0.1, 0.15) is 20.7 Å². The average molecular weight is 328 g/mol. The fourth-order valence-corrected chi connectivity index (χ4v) is 2.36. The van der Waals surface area contributed by atoms with Crippen molar-refractivity contribution in [1.82, 2.24) is 0 Å². The van der Waals surface area contributed by atoms with Gasteiger partial charge < -0.3 is 0 Å². The number of carbonyl (C=O) groups excluding carboxylic acids is 2. The fourth-order valence-electron chi connectivity index (χ4n) is 2.36. The molecule has 0 atom stereocenters. The van der Waals surface area contributed by atoms with Gasteiger partial charge in [-0.25, -0.2) is 0 Å². The third-order valence-electron chi connectivity index (χ3n) is 3.66. The molecule has 0 radical (unpaired) electrons. The second kappa shape index (κ2) is 7.93. The quantitative estimate of drug-likeness (QED) is 0.367. The number of Topliss-reactive ketones (excluding diaryl/α,β-unsaturated/α-hetero) is 2. The summed E-state index contributed by atoms with van der Waals surface area (Å²) in [5, 5.41) is 8.16. The van der Waals surface area contributed by atoms with Crippen molar-refractivity contribution in [3.8, 4) is 0 Å². The molecule has 4 heteroatoms. The summed E-state index contributed by atoms with van der Waals surface area (Å²) in [6, 6.07) is 25.2. The highest BCUT2D eigenvalue weighted by Gasteiger charge is 2.28. The Bertz CT molecular complexity index is 824. The summed E-state index contributed by atoms with van der Waals surface area (Å²) in [4.78, 5) is 25.6. The third kappa shape index (κ3) is 4.12. The number of carbonyl (C=O) groups is 2. The van der Waals surface area contributed by atoms with Gasteiger partial charge >= 0.3 is 0 Å². The van der Waals surface area contributed by atoms with Crippen LogP contribution in [0, 0.1) is 0 Å². The van der Waals surface area contributed by atoms with E-state index in [1.165, 1.54) is 0 Å². The number of benzene rings is 3. The molecule has 4 nitrogen and oxygen atoms in total. The van der Waals surface area contributed by atoms with Crippen molar-refractivity contribution >= 4 is 17.3 Å². The lowest BCUT2D eigenvalue weighted by Gasteiger charge is -2.10. The summed E-state index contributed by atoms with van der Waals surface area (Å²) in [5.74, 6) is -0.733. The van der Waals surface area contributed by atoms with E-state index in [-0.39, 0.29) is 11.6 Å². The molecule has 0 amide bonds. The number of hydrogen-bond donors (Lipinski definition) is 0. The molecule has 0 saturated carbocycles. The lowest BCUT2D eigenvalue weighted by Crippen LogP contribution is -2.28. The minimum absolute atomic E-state index is 0.367. The molecule has 0 fully saturated rings. The van der Waals surface area contributed by atoms with Gasteiger partial charge in [-0.2, -0.15) is 10.2 Å². The second-order valence-electron chi connectivity index (χ2n) is 5.41. The number of azo groups is 1. The Kier molecular flexibility index (Phi) is 5.22. The topological polar surface area (TPSA) is 58.9 Å². The van der Waals surface area contributed by atoms with Gasteiger partial charge in [0, 0.05) is 11.1 Å². The zero-order valence-corrected chi connectivity index (χ0v) is 13.4. The molecule has 0 saturated heterocycles. The molecule has 3 aromatic carbocycles. The smallest absolute Gasteiger partial charge is 0.197 e. The van der Waals surface area contributed by atoms with E-state index in [9.17, 15) is 9.59 Å². The fraction of sp³-hybridized carbons (Fsp3) is 0.0476. The van der Waals surface area contributed by atoms with Crippen LogP contribution in [0.15, 0.2) is 101 Å². The van der Waals surface area contributed by atoms with E-state index in [4.69, 9.17) is 0 Å². The first kappa shape index (κ1) is 16.5. The molecule has 0 spiro atoms. The Labute approximate surface area is 145 Å². The molecular weight excluding hydrogens is 312 g/mol. The molecule has 0 aromatic heterocycles.